The number of rotatable bonds is 12. The van der Waals surface area contributed by atoms with E-state index in [0.717, 1.165) is 29.2 Å². The summed E-state index contributed by atoms with van der Waals surface area (Å²) in [4.78, 5) is 12.0. The van der Waals surface area contributed by atoms with Crippen LogP contribution in [0.5, 0.6) is 0 Å². The fourth-order valence-electron chi connectivity index (χ4n) is 3.96. The summed E-state index contributed by atoms with van der Waals surface area (Å²) >= 11 is 2.30. The van der Waals surface area contributed by atoms with Crippen LogP contribution in [-0.2, 0) is 22.3 Å². The number of halogens is 3. The number of thioether (sulfide) groups is 2. The van der Waals surface area contributed by atoms with E-state index in [1.54, 1.807) is 25.3 Å². The second-order valence-electron chi connectivity index (χ2n) is 9.93. The first-order valence-electron chi connectivity index (χ1n) is 12.9. The molecule has 4 atom stereocenters. The molecule has 0 bridgehead atoms. The van der Waals surface area contributed by atoms with E-state index in [4.69, 9.17) is 16.2 Å². The molecule has 2 aromatic rings. The number of aliphatic carboxylic acids is 1. The van der Waals surface area contributed by atoms with Crippen molar-refractivity contribution in [3.63, 3.8) is 0 Å². The number of nitrogens with two attached hydrogens (primary N) is 2. The van der Waals surface area contributed by atoms with Gasteiger partial charge in [-0.1, -0.05) is 75.0 Å². The summed E-state index contributed by atoms with van der Waals surface area (Å²) in [5.74, 6) is -0.557. The van der Waals surface area contributed by atoms with Gasteiger partial charge in [-0.25, -0.2) is 0 Å². The highest BCUT2D eigenvalue weighted by molar-refractivity contribution is 8.03. The van der Waals surface area contributed by atoms with Crippen LogP contribution in [0, 0.1) is 17.8 Å². The standard InChI is InChI=1S/C30H35F3N2O3S2/c1-18-9-11-23(14-27(18)38-15-21-7-5-4-6-8-21)40-28-12-10-22(13-24(28)30(31,32)33)26(35)17-39-16-25(34)19(2)20(3)29(36)37/h4-8,10-14,17-20,25H,9,15-16,34-35H2,1-3H3,(H,36,37)/b26-17-/t18?,19?,20?,25-/m1/s1. The van der Waals surface area contributed by atoms with Crippen LogP contribution in [0.25, 0.3) is 5.70 Å². The molecule has 5 N–H and O–H groups in total. The van der Waals surface area contributed by atoms with Gasteiger partial charge in [-0.3, -0.25) is 4.79 Å². The Morgan fingerprint density at radius 2 is 1.90 bits per heavy atom. The maximum absolute atomic E-state index is 14.1. The van der Waals surface area contributed by atoms with Crippen molar-refractivity contribution >= 4 is 35.2 Å². The lowest BCUT2D eigenvalue weighted by atomic mass is 9.90. The lowest BCUT2D eigenvalue weighted by Crippen LogP contribution is -2.37. The molecule has 0 saturated carbocycles. The van der Waals surface area contributed by atoms with Crippen LogP contribution in [0.15, 0.2) is 81.7 Å². The topological polar surface area (TPSA) is 98.6 Å². The van der Waals surface area contributed by atoms with Gasteiger partial charge in [0.25, 0.3) is 0 Å². The number of ether oxygens (including phenoxy) is 1. The van der Waals surface area contributed by atoms with Crippen LogP contribution in [0.2, 0.25) is 0 Å². The van der Waals surface area contributed by atoms with Crippen LogP contribution in [0.1, 0.15) is 43.9 Å². The minimum atomic E-state index is -4.57. The predicted molar refractivity (Wildman–Crippen MR) is 157 cm³/mol. The maximum Gasteiger partial charge on any atom is 0.417 e. The highest BCUT2D eigenvalue weighted by Gasteiger charge is 2.34. The lowest BCUT2D eigenvalue weighted by Gasteiger charge is -2.22. The minimum Gasteiger partial charge on any atom is -0.493 e. The zero-order valence-electron chi connectivity index (χ0n) is 22.7. The number of alkyl halides is 3. The van der Waals surface area contributed by atoms with Gasteiger partial charge in [0.05, 0.1) is 11.5 Å². The number of benzene rings is 2. The Hall–Kier alpha value is -2.82. The van der Waals surface area contributed by atoms with E-state index in [1.165, 1.54) is 17.8 Å². The van der Waals surface area contributed by atoms with Crippen LogP contribution < -0.4 is 11.5 Å². The molecule has 0 radical (unpaired) electrons. The van der Waals surface area contributed by atoms with E-state index in [1.807, 2.05) is 49.4 Å². The Labute approximate surface area is 241 Å². The van der Waals surface area contributed by atoms with Gasteiger partial charge in [0.2, 0.25) is 0 Å². The first-order chi connectivity index (χ1) is 18.9. The molecule has 0 aliphatic heterocycles. The molecule has 40 heavy (non-hydrogen) atoms. The van der Waals surface area contributed by atoms with E-state index in [9.17, 15) is 23.1 Å². The average molecular weight is 593 g/mol. The Morgan fingerprint density at radius 1 is 1.20 bits per heavy atom. The summed E-state index contributed by atoms with van der Waals surface area (Å²) in [6.45, 7) is 5.78. The summed E-state index contributed by atoms with van der Waals surface area (Å²) in [5.41, 5.74) is 12.9. The molecule has 1 aliphatic rings. The first-order valence-corrected chi connectivity index (χ1v) is 14.8. The van der Waals surface area contributed by atoms with E-state index in [-0.39, 0.29) is 28.0 Å². The molecule has 0 fully saturated rings. The van der Waals surface area contributed by atoms with Gasteiger partial charge >= 0.3 is 12.1 Å². The van der Waals surface area contributed by atoms with Gasteiger partial charge in [0.15, 0.2) is 0 Å². The number of hydrogen-bond acceptors (Lipinski definition) is 6. The second-order valence-corrected chi connectivity index (χ2v) is 11.9. The molecule has 0 amide bonds. The number of carbonyl (C=O) groups is 1. The first kappa shape index (κ1) is 31.7. The zero-order valence-corrected chi connectivity index (χ0v) is 24.3. The van der Waals surface area contributed by atoms with Crippen molar-refractivity contribution in [1.29, 1.82) is 0 Å². The SMILES string of the molecule is CC1CC=C(Sc2ccc(/C(N)=C/SC[C@@H](N)C(C)C(C)C(=O)O)cc2C(F)(F)F)C=C1OCc1ccccc1. The van der Waals surface area contributed by atoms with Gasteiger partial charge in [-0.05, 0) is 47.1 Å². The fourth-order valence-corrected chi connectivity index (χ4v) is 5.92. The van der Waals surface area contributed by atoms with E-state index in [0.29, 0.717) is 23.7 Å². The maximum atomic E-state index is 14.1. The molecular formula is C30H35F3N2O3S2. The fraction of sp³-hybridized carbons (Fsp3) is 0.367. The lowest BCUT2D eigenvalue weighted by molar-refractivity contribution is -0.143. The number of carboxylic acid groups (broad SMARTS) is 1. The van der Waals surface area contributed by atoms with Crippen LogP contribution in [-0.4, -0.2) is 22.9 Å². The molecule has 5 nitrogen and oxygen atoms in total. The molecule has 3 rings (SSSR count). The molecule has 0 spiro atoms. The van der Waals surface area contributed by atoms with E-state index in [2.05, 4.69) is 0 Å². The van der Waals surface area contributed by atoms with Gasteiger partial charge in [0.1, 0.15) is 12.4 Å². The Morgan fingerprint density at radius 3 is 2.55 bits per heavy atom. The molecule has 10 heteroatoms. The van der Waals surface area contributed by atoms with Gasteiger partial charge in [-0.15, -0.1) is 11.8 Å². The third-order valence-corrected chi connectivity index (χ3v) is 8.98. The van der Waals surface area contributed by atoms with Crippen molar-refractivity contribution in [3.8, 4) is 0 Å². The highest BCUT2D eigenvalue weighted by atomic mass is 32.2. The third-order valence-electron chi connectivity index (χ3n) is 6.89. The summed E-state index contributed by atoms with van der Waals surface area (Å²) < 4.78 is 48.2. The van der Waals surface area contributed by atoms with Gasteiger partial charge < -0.3 is 21.3 Å². The number of carboxylic acids is 1. The molecule has 3 unspecified atom stereocenters. The van der Waals surface area contributed by atoms with Crippen LogP contribution in [0.3, 0.4) is 0 Å². The number of hydrogen-bond donors (Lipinski definition) is 3. The quantitative estimate of drug-likeness (QED) is 0.235. The van der Waals surface area contributed by atoms with Gasteiger partial charge in [0, 0.05) is 33.2 Å². The molecule has 216 valence electrons. The largest absolute Gasteiger partial charge is 0.493 e. The van der Waals surface area contributed by atoms with Crippen LogP contribution >= 0.6 is 23.5 Å². The average Bonchev–Trinajstić information content (AvgIpc) is 2.92. The molecule has 1 aliphatic carbocycles. The van der Waals surface area contributed by atoms with Gasteiger partial charge in [-0.2, -0.15) is 13.2 Å². The Kier molecular flexibility index (Phi) is 11.2. The summed E-state index contributed by atoms with van der Waals surface area (Å²) in [6, 6.07) is 13.4. The van der Waals surface area contributed by atoms with Crippen LogP contribution in [0.4, 0.5) is 13.2 Å². The molecule has 0 saturated heterocycles. The summed E-state index contributed by atoms with van der Waals surface area (Å²) in [7, 11) is 0. The molecule has 0 heterocycles. The minimum absolute atomic E-state index is 0.0784. The smallest absolute Gasteiger partial charge is 0.417 e. The van der Waals surface area contributed by atoms with Crippen molar-refractivity contribution in [3.05, 3.63) is 93.4 Å². The van der Waals surface area contributed by atoms with E-state index < -0.39 is 29.7 Å². The van der Waals surface area contributed by atoms with Crippen molar-refractivity contribution in [1.82, 2.24) is 0 Å². The van der Waals surface area contributed by atoms with Crippen molar-refractivity contribution in [2.75, 3.05) is 5.75 Å². The molecule has 2 aromatic carbocycles. The second kappa shape index (κ2) is 14.2. The Balaban J connectivity index is 1.72. The van der Waals surface area contributed by atoms with E-state index >= 15 is 0 Å². The summed E-state index contributed by atoms with van der Waals surface area (Å²) in [5, 5.41) is 10.7. The monoisotopic (exact) mass is 592 g/mol. The normalized spacial score (nSPS) is 18.4. The molecule has 0 aromatic heterocycles. The highest BCUT2D eigenvalue weighted by Crippen LogP contribution is 2.42. The predicted octanol–water partition coefficient (Wildman–Crippen LogP) is 7.50. The Bertz CT molecular complexity index is 1260. The van der Waals surface area contributed by atoms with Crippen molar-refractivity contribution < 1.29 is 27.8 Å². The third kappa shape index (κ3) is 8.84. The van der Waals surface area contributed by atoms with Crippen molar-refractivity contribution in [2.24, 2.45) is 29.2 Å². The molecular weight excluding hydrogens is 557 g/mol. The zero-order chi connectivity index (χ0) is 29.4. The van der Waals surface area contributed by atoms with Crippen molar-refractivity contribution in [2.45, 2.75) is 50.9 Å². The number of allylic oxidation sites excluding steroid dienone is 3. The summed E-state index contributed by atoms with van der Waals surface area (Å²) in [6.07, 6.45) is -0.161.